The molecule has 20 heavy (non-hydrogen) atoms. The van der Waals surface area contributed by atoms with Crippen LogP contribution < -0.4 is 0 Å². The number of carbonyl (C=O) groups excluding carboxylic acids is 1. The van der Waals surface area contributed by atoms with E-state index in [0.717, 1.165) is 32.1 Å². The van der Waals surface area contributed by atoms with Gasteiger partial charge in [0.2, 0.25) is 0 Å². The molecule has 0 spiro atoms. The summed E-state index contributed by atoms with van der Waals surface area (Å²) in [6.07, 6.45) is 18.3. The smallest absolute Gasteiger partial charge is 0.305 e. The maximum atomic E-state index is 11.3. The average Bonchev–Trinajstić information content (AvgIpc) is 2.45. The lowest BCUT2D eigenvalue weighted by Gasteiger charge is -2.04. The van der Waals surface area contributed by atoms with Crippen LogP contribution in [0.3, 0.4) is 0 Å². The van der Waals surface area contributed by atoms with Crippen LogP contribution in [-0.4, -0.2) is 12.6 Å². The molecule has 0 saturated carbocycles. The predicted molar refractivity (Wildman–Crippen MR) is 86.8 cm³/mol. The van der Waals surface area contributed by atoms with Gasteiger partial charge in [-0.3, -0.25) is 4.79 Å². The Morgan fingerprint density at radius 1 is 1.00 bits per heavy atom. The molecule has 0 aliphatic carbocycles. The summed E-state index contributed by atoms with van der Waals surface area (Å²) in [4.78, 5) is 11.3. The number of ether oxygens (including phenoxy) is 1. The Morgan fingerprint density at radius 2 is 1.70 bits per heavy atom. The molecule has 0 N–H and O–H groups in total. The monoisotopic (exact) mass is 280 g/mol. The Labute approximate surface area is 125 Å². The van der Waals surface area contributed by atoms with E-state index in [1.165, 1.54) is 32.1 Å². The number of esters is 1. The van der Waals surface area contributed by atoms with Gasteiger partial charge in [0, 0.05) is 6.42 Å². The van der Waals surface area contributed by atoms with Gasteiger partial charge in [-0.25, -0.2) is 0 Å². The molecule has 0 aliphatic heterocycles. The third-order valence-electron chi connectivity index (χ3n) is 3.28. The molecule has 0 aromatic rings. The summed E-state index contributed by atoms with van der Waals surface area (Å²) < 4.78 is 5.20. The van der Waals surface area contributed by atoms with E-state index in [-0.39, 0.29) is 5.97 Å². The largest absolute Gasteiger partial charge is 0.466 e. The molecule has 2 nitrogen and oxygen atoms in total. The maximum absolute atomic E-state index is 11.3. The van der Waals surface area contributed by atoms with Gasteiger partial charge in [-0.05, 0) is 25.7 Å². The molecule has 0 atom stereocenters. The highest BCUT2D eigenvalue weighted by Gasteiger charge is 2.01. The first-order valence-corrected chi connectivity index (χ1v) is 8.24. The zero-order chi connectivity index (χ0) is 14.9. The second kappa shape index (κ2) is 16.0. The number of unbranched alkanes of at least 4 members (excludes halogenated alkanes) is 8. The molecule has 0 aromatic carbocycles. The maximum Gasteiger partial charge on any atom is 0.305 e. The minimum Gasteiger partial charge on any atom is -0.466 e. The Morgan fingerprint density at radius 3 is 2.40 bits per heavy atom. The normalized spacial score (nSPS) is 10.8. The minimum atomic E-state index is -0.0209. The molecule has 116 valence electrons. The van der Waals surface area contributed by atoms with Gasteiger partial charge in [0.15, 0.2) is 0 Å². The SMILES string of the molecule is C=C/C=C/CCCCCCCCOC(=O)CCCCC. The van der Waals surface area contributed by atoms with E-state index >= 15 is 0 Å². The summed E-state index contributed by atoms with van der Waals surface area (Å²) in [6.45, 7) is 6.39. The molecule has 0 heterocycles. The van der Waals surface area contributed by atoms with Crippen molar-refractivity contribution in [3.8, 4) is 0 Å². The van der Waals surface area contributed by atoms with E-state index in [2.05, 4.69) is 19.6 Å². The van der Waals surface area contributed by atoms with E-state index in [1.54, 1.807) is 0 Å². The molecule has 0 bridgehead atoms. The van der Waals surface area contributed by atoms with E-state index in [1.807, 2.05) is 12.2 Å². The predicted octanol–water partition coefficient (Wildman–Crippen LogP) is 5.58. The molecular formula is C18H32O2. The van der Waals surface area contributed by atoms with Crippen molar-refractivity contribution in [2.45, 2.75) is 77.6 Å². The van der Waals surface area contributed by atoms with Gasteiger partial charge in [0.05, 0.1) is 6.61 Å². The fourth-order valence-corrected chi connectivity index (χ4v) is 2.04. The average molecular weight is 280 g/mol. The molecule has 0 aromatic heterocycles. The van der Waals surface area contributed by atoms with E-state index in [4.69, 9.17) is 4.74 Å². The molecule has 2 heteroatoms. The molecule has 0 amide bonds. The summed E-state index contributed by atoms with van der Waals surface area (Å²) in [6, 6.07) is 0. The van der Waals surface area contributed by atoms with Crippen molar-refractivity contribution in [1.29, 1.82) is 0 Å². The van der Waals surface area contributed by atoms with E-state index in [9.17, 15) is 4.79 Å². The van der Waals surface area contributed by atoms with E-state index < -0.39 is 0 Å². The van der Waals surface area contributed by atoms with Crippen LogP contribution in [0.15, 0.2) is 24.8 Å². The van der Waals surface area contributed by atoms with Crippen LogP contribution >= 0.6 is 0 Å². The fraction of sp³-hybridized carbons (Fsp3) is 0.722. The van der Waals surface area contributed by atoms with E-state index in [0.29, 0.717) is 13.0 Å². The second-order valence-corrected chi connectivity index (χ2v) is 5.25. The van der Waals surface area contributed by atoms with Gasteiger partial charge in [-0.15, -0.1) is 0 Å². The summed E-state index contributed by atoms with van der Waals surface area (Å²) in [7, 11) is 0. The molecule has 0 unspecified atom stereocenters. The van der Waals surface area contributed by atoms with Crippen molar-refractivity contribution >= 4 is 5.97 Å². The van der Waals surface area contributed by atoms with Gasteiger partial charge in [0.1, 0.15) is 0 Å². The lowest BCUT2D eigenvalue weighted by molar-refractivity contribution is -0.143. The first-order chi connectivity index (χ1) is 9.81. The Balaban J connectivity index is 3.14. The number of allylic oxidation sites excluding steroid dienone is 3. The first kappa shape index (κ1) is 18.9. The Bertz CT molecular complexity index is 256. The molecule has 0 radical (unpaired) electrons. The van der Waals surface area contributed by atoms with Crippen LogP contribution in [0.4, 0.5) is 0 Å². The number of rotatable bonds is 14. The van der Waals surface area contributed by atoms with Gasteiger partial charge in [-0.1, -0.05) is 70.3 Å². The summed E-state index contributed by atoms with van der Waals surface area (Å²) in [5, 5.41) is 0. The zero-order valence-corrected chi connectivity index (χ0v) is 13.2. The summed E-state index contributed by atoms with van der Waals surface area (Å²) >= 11 is 0. The highest BCUT2D eigenvalue weighted by molar-refractivity contribution is 5.69. The van der Waals surface area contributed by atoms with Crippen molar-refractivity contribution in [2.24, 2.45) is 0 Å². The van der Waals surface area contributed by atoms with Crippen LogP contribution in [0.2, 0.25) is 0 Å². The van der Waals surface area contributed by atoms with Gasteiger partial charge in [-0.2, -0.15) is 0 Å². The third kappa shape index (κ3) is 15.0. The minimum absolute atomic E-state index is 0.0209. The Hall–Kier alpha value is -1.05. The van der Waals surface area contributed by atoms with Crippen molar-refractivity contribution < 1.29 is 9.53 Å². The van der Waals surface area contributed by atoms with Crippen LogP contribution in [-0.2, 0) is 9.53 Å². The first-order valence-electron chi connectivity index (χ1n) is 8.24. The number of hydrogen-bond donors (Lipinski definition) is 0. The van der Waals surface area contributed by atoms with Crippen molar-refractivity contribution in [3.05, 3.63) is 24.8 Å². The lowest BCUT2D eigenvalue weighted by atomic mass is 10.1. The third-order valence-corrected chi connectivity index (χ3v) is 3.28. The quantitative estimate of drug-likeness (QED) is 0.236. The Kier molecular flexibility index (Phi) is 15.2. The molecular weight excluding hydrogens is 248 g/mol. The highest BCUT2D eigenvalue weighted by atomic mass is 16.5. The summed E-state index contributed by atoms with van der Waals surface area (Å²) in [5.74, 6) is -0.0209. The van der Waals surface area contributed by atoms with Gasteiger partial charge >= 0.3 is 5.97 Å². The molecule has 0 saturated heterocycles. The molecule has 0 aliphatic rings. The van der Waals surface area contributed by atoms with Crippen LogP contribution in [0.1, 0.15) is 77.6 Å². The molecule has 0 rings (SSSR count). The van der Waals surface area contributed by atoms with Crippen LogP contribution in [0.25, 0.3) is 0 Å². The second-order valence-electron chi connectivity index (χ2n) is 5.25. The van der Waals surface area contributed by atoms with Crippen molar-refractivity contribution in [2.75, 3.05) is 6.61 Å². The number of hydrogen-bond acceptors (Lipinski definition) is 2. The zero-order valence-electron chi connectivity index (χ0n) is 13.2. The fourth-order valence-electron chi connectivity index (χ4n) is 2.04. The van der Waals surface area contributed by atoms with Crippen LogP contribution in [0.5, 0.6) is 0 Å². The molecule has 0 fully saturated rings. The standard InChI is InChI=1S/C18H32O2/c1-3-5-7-8-9-10-11-12-13-15-17-20-18(19)16-14-6-4-2/h3,5,7H,1,4,6,8-17H2,2H3/b7-5+. The van der Waals surface area contributed by atoms with Gasteiger partial charge < -0.3 is 4.74 Å². The van der Waals surface area contributed by atoms with Gasteiger partial charge in [0.25, 0.3) is 0 Å². The number of carbonyl (C=O) groups is 1. The van der Waals surface area contributed by atoms with Crippen molar-refractivity contribution in [1.82, 2.24) is 0 Å². The van der Waals surface area contributed by atoms with Crippen LogP contribution in [0, 0.1) is 0 Å². The lowest BCUT2D eigenvalue weighted by Crippen LogP contribution is -2.05. The highest BCUT2D eigenvalue weighted by Crippen LogP contribution is 2.08. The van der Waals surface area contributed by atoms with Crippen molar-refractivity contribution in [3.63, 3.8) is 0 Å². The summed E-state index contributed by atoms with van der Waals surface area (Å²) in [5.41, 5.74) is 0. The topological polar surface area (TPSA) is 26.3 Å².